The van der Waals surface area contributed by atoms with Crippen LogP contribution in [0, 0.1) is 17.5 Å². The van der Waals surface area contributed by atoms with Crippen molar-refractivity contribution in [1.82, 2.24) is 0 Å². The number of nitrogens with one attached hydrogen (secondary N) is 1. The van der Waals surface area contributed by atoms with Gasteiger partial charge in [0.05, 0.1) is 5.69 Å². The van der Waals surface area contributed by atoms with Crippen LogP contribution < -0.4 is 4.72 Å². The fourth-order valence-corrected chi connectivity index (χ4v) is 2.79. The highest BCUT2D eigenvalue weighted by Gasteiger charge is 2.24. The minimum absolute atomic E-state index is 0.0710. The van der Waals surface area contributed by atoms with Crippen LogP contribution >= 0.6 is 11.6 Å². The molecule has 0 heterocycles. The second-order valence-electron chi connectivity index (χ2n) is 3.79. The molecule has 0 atom stereocenters. The first-order valence-corrected chi connectivity index (χ1v) is 7.09. The summed E-state index contributed by atoms with van der Waals surface area (Å²) in [5.74, 6) is -5.09. The van der Waals surface area contributed by atoms with Crippen LogP contribution in [0.3, 0.4) is 0 Å². The van der Waals surface area contributed by atoms with E-state index in [1.165, 1.54) is 24.3 Å². The third-order valence-corrected chi connectivity index (χ3v) is 4.00. The topological polar surface area (TPSA) is 46.2 Å². The van der Waals surface area contributed by atoms with E-state index >= 15 is 0 Å². The van der Waals surface area contributed by atoms with Crippen LogP contribution in [0.25, 0.3) is 0 Å². The molecule has 0 spiro atoms. The molecule has 0 aliphatic heterocycles. The maximum atomic E-state index is 13.5. The van der Waals surface area contributed by atoms with Gasteiger partial charge in [-0.05, 0) is 30.3 Å². The second kappa shape index (κ2) is 5.34. The fourth-order valence-electron chi connectivity index (χ4n) is 1.48. The van der Waals surface area contributed by atoms with Crippen LogP contribution in [0.5, 0.6) is 0 Å². The summed E-state index contributed by atoms with van der Waals surface area (Å²) in [6, 6.07) is 6.82. The van der Waals surface area contributed by atoms with Crippen molar-refractivity contribution in [2.75, 3.05) is 4.72 Å². The molecule has 106 valence electrons. The number of sulfonamides is 1. The van der Waals surface area contributed by atoms with Gasteiger partial charge in [-0.25, -0.2) is 21.6 Å². The molecule has 0 aliphatic rings. The van der Waals surface area contributed by atoms with Crippen molar-refractivity contribution >= 4 is 27.3 Å². The van der Waals surface area contributed by atoms with E-state index in [9.17, 15) is 21.6 Å². The van der Waals surface area contributed by atoms with E-state index in [0.717, 1.165) is 0 Å². The highest BCUT2D eigenvalue weighted by Crippen LogP contribution is 2.23. The molecule has 0 aromatic heterocycles. The van der Waals surface area contributed by atoms with Gasteiger partial charge in [0.2, 0.25) is 0 Å². The van der Waals surface area contributed by atoms with E-state index in [4.69, 9.17) is 11.6 Å². The molecule has 0 bridgehead atoms. The Morgan fingerprint density at radius 1 is 1.00 bits per heavy atom. The molecule has 8 heteroatoms. The van der Waals surface area contributed by atoms with Crippen molar-refractivity contribution in [2.24, 2.45) is 0 Å². The summed E-state index contributed by atoms with van der Waals surface area (Å²) < 4.78 is 65.2. The van der Waals surface area contributed by atoms with Gasteiger partial charge in [0, 0.05) is 5.02 Å². The van der Waals surface area contributed by atoms with Gasteiger partial charge in [0.25, 0.3) is 10.0 Å². The molecule has 0 amide bonds. The van der Waals surface area contributed by atoms with Crippen molar-refractivity contribution in [3.05, 3.63) is 58.9 Å². The van der Waals surface area contributed by atoms with Crippen molar-refractivity contribution in [1.29, 1.82) is 0 Å². The first kappa shape index (κ1) is 14.7. The predicted octanol–water partition coefficient (Wildman–Crippen LogP) is 3.56. The Kier molecular flexibility index (Phi) is 3.92. The van der Waals surface area contributed by atoms with Crippen LogP contribution in [0.4, 0.5) is 18.9 Å². The smallest absolute Gasteiger partial charge is 0.264 e. The number of rotatable bonds is 3. The Hall–Kier alpha value is -1.73. The second-order valence-corrected chi connectivity index (χ2v) is 5.88. The highest BCUT2D eigenvalue weighted by atomic mass is 35.5. The van der Waals surface area contributed by atoms with E-state index in [0.29, 0.717) is 12.1 Å². The average Bonchev–Trinajstić information content (AvgIpc) is 2.35. The van der Waals surface area contributed by atoms with E-state index in [1.54, 1.807) is 0 Å². The molecule has 2 aromatic carbocycles. The number of benzene rings is 2. The van der Waals surface area contributed by atoms with E-state index in [-0.39, 0.29) is 10.7 Å². The number of anilines is 1. The highest BCUT2D eigenvalue weighted by molar-refractivity contribution is 7.92. The molecule has 0 radical (unpaired) electrons. The molecule has 0 fully saturated rings. The molecule has 2 aromatic rings. The fraction of sp³-hybridized carbons (Fsp3) is 0. The molecular formula is C12H7ClF3NO2S. The Balaban J connectivity index is 2.44. The van der Waals surface area contributed by atoms with Gasteiger partial charge >= 0.3 is 0 Å². The van der Waals surface area contributed by atoms with Crippen molar-refractivity contribution in [3.8, 4) is 0 Å². The van der Waals surface area contributed by atoms with Gasteiger partial charge in [0.15, 0.2) is 17.5 Å². The first-order valence-electron chi connectivity index (χ1n) is 5.23. The lowest BCUT2D eigenvalue weighted by Gasteiger charge is -2.09. The van der Waals surface area contributed by atoms with Crippen molar-refractivity contribution in [3.63, 3.8) is 0 Å². The Morgan fingerprint density at radius 2 is 1.70 bits per heavy atom. The summed E-state index contributed by atoms with van der Waals surface area (Å²) in [6.07, 6.45) is 0. The normalized spacial score (nSPS) is 11.4. The van der Waals surface area contributed by atoms with Gasteiger partial charge in [0.1, 0.15) is 4.90 Å². The molecule has 0 saturated carbocycles. The minimum Gasteiger partial charge on any atom is -0.279 e. The molecule has 3 nitrogen and oxygen atoms in total. The SMILES string of the molecule is O=S(=O)(Nc1cccc(Cl)c1)c1ccc(F)c(F)c1F. The molecule has 2 rings (SSSR count). The zero-order valence-corrected chi connectivity index (χ0v) is 11.3. The van der Waals surface area contributed by atoms with Crippen LogP contribution in [0.15, 0.2) is 41.3 Å². The third-order valence-electron chi connectivity index (χ3n) is 2.37. The number of halogens is 4. The van der Waals surface area contributed by atoms with Crippen LogP contribution in [0.1, 0.15) is 0 Å². The predicted molar refractivity (Wildman–Crippen MR) is 68.6 cm³/mol. The lowest BCUT2D eigenvalue weighted by molar-refractivity contribution is 0.432. The largest absolute Gasteiger partial charge is 0.279 e. The minimum atomic E-state index is -4.39. The summed E-state index contributed by atoms with van der Waals surface area (Å²) >= 11 is 5.68. The zero-order valence-electron chi connectivity index (χ0n) is 9.70. The van der Waals surface area contributed by atoms with Gasteiger partial charge in [-0.3, -0.25) is 4.72 Å². The Bertz CT molecular complexity index is 765. The Labute approximate surface area is 118 Å². The zero-order chi connectivity index (χ0) is 14.9. The summed E-state index contributed by atoms with van der Waals surface area (Å²) in [4.78, 5) is -0.989. The van der Waals surface area contributed by atoms with Crippen LogP contribution in [0.2, 0.25) is 5.02 Å². The average molecular weight is 322 g/mol. The Morgan fingerprint density at radius 3 is 2.35 bits per heavy atom. The quantitative estimate of drug-likeness (QED) is 0.879. The van der Waals surface area contributed by atoms with Gasteiger partial charge in [-0.15, -0.1) is 0 Å². The molecule has 0 saturated heterocycles. The lowest BCUT2D eigenvalue weighted by atomic mass is 10.3. The standard InChI is InChI=1S/C12H7ClF3NO2S/c13-7-2-1-3-8(6-7)17-20(18,19)10-5-4-9(14)11(15)12(10)16/h1-6,17H. The summed E-state index contributed by atoms with van der Waals surface area (Å²) in [5.41, 5.74) is 0.0710. The van der Waals surface area contributed by atoms with E-state index in [2.05, 4.69) is 0 Å². The van der Waals surface area contributed by atoms with E-state index < -0.39 is 32.4 Å². The number of hydrogen-bond donors (Lipinski definition) is 1. The monoisotopic (exact) mass is 321 g/mol. The maximum Gasteiger partial charge on any atom is 0.264 e. The summed E-state index contributed by atoms with van der Waals surface area (Å²) in [7, 11) is -4.39. The molecule has 20 heavy (non-hydrogen) atoms. The van der Waals surface area contributed by atoms with Crippen molar-refractivity contribution in [2.45, 2.75) is 4.90 Å². The molecular weight excluding hydrogens is 315 g/mol. The van der Waals surface area contributed by atoms with Crippen LogP contribution in [-0.4, -0.2) is 8.42 Å². The molecule has 0 unspecified atom stereocenters. The van der Waals surface area contributed by atoms with E-state index in [1.807, 2.05) is 4.72 Å². The molecule has 1 N–H and O–H groups in total. The third kappa shape index (κ3) is 2.88. The van der Waals surface area contributed by atoms with Gasteiger partial charge in [-0.2, -0.15) is 0 Å². The number of hydrogen-bond acceptors (Lipinski definition) is 2. The first-order chi connectivity index (χ1) is 9.31. The maximum absolute atomic E-state index is 13.5. The van der Waals surface area contributed by atoms with Gasteiger partial charge in [-0.1, -0.05) is 17.7 Å². The molecule has 0 aliphatic carbocycles. The summed E-state index contributed by atoms with van der Waals surface area (Å²) in [5, 5.41) is 0.260. The lowest BCUT2D eigenvalue weighted by Crippen LogP contribution is -2.15. The van der Waals surface area contributed by atoms with Gasteiger partial charge < -0.3 is 0 Å². The van der Waals surface area contributed by atoms with Crippen molar-refractivity contribution < 1.29 is 21.6 Å². The van der Waals surface area contributed by atoms with Crippen LogP contribution in [-0.2, 0) is 10.0 Å². The summed E-state index contributed by atoms with van der Waals surface area (Å²) in [6.45, 7) is 0.